The number of unbranched alkanes of at least 4 members (excludes halogenated alkanes) is 3. The van der Waals surface area contributed by atoms with Crippen LogP contribution in [0.25, 0.3) is 0 Å². The largest absolute Gasteiger partial charge is 0.394 e. The summed E-state index contributed by atoms with van der Waals surface area (Å²) < 4.78 is 0. The molecule has 10 heavy (non-hydrogen) atoms. The predicted octanol–water partition coefficient (Wildman–Crippen LogP) is 2.97. The highest BCUT2D eigenvalue weighted by atomic mass is 16.3. The first-order valence-electron chi connectivity index (χ1n) is 4.33. The van der Waals surface area contributed by atoms with Gasteiger partial charge in [-0.1, -0.05) is 39.5 Å². The highest BCUT2D eigenvalue weighted by Crippen LogP contribution is 1.95. The fraction of sp³-hybridized carbons (Fsp3) is 1.00. The van der Waals surface area contributed by atoms with Gasteiger partial charge in [-0.15, -0.1) is 0 Å². The molecule has 0 unspecified atom stereocenters. The number of aliphatic hydroxyl groups excluding tert-OH is 1. The van der Waals surface area contributed by atoms with Gasteiger partial charge in [0.25, 0.3) is 0 Å². The molecule has 0 aliphatic heterocycles. The van der Waals surface area contributed by atoms with E-state index in [1.807, 2.05) is 0 Å². The maximum atomic E-state index is 8.06. The van der Waals surface area contributed by atoms with E-state index < -0.39 is 0 Å². The van der Waals surface area contributed by atoms with Crippen molar-refractivity contribution in [3.8, 4) is 0 Å². The van der Waals surface area contributed by atoms with Crippen LogP contribution in [0.5, 0.6) is 0 Å². The third-order valence-corrected chi connectivity index (χ3v) is 0.957. The summed E-state index contributed by atoms with van der Waals surface area (Å²) in [5.74, 6) is 0. The molecule has 0 amide bonds. The Hall–Kier alpha value is -0.0400. The summed E-state index contributed by atoms with van der Waals surface area (Å²) in [6.07, 6.45) is 5.37. The van der Waals surface area contributed by atoms with Gasteiger partial charge in [-0.2, -0.15) is 0 Å². The topological polar surface area (TPSA) is 20.2 Å². The molecule has 0 spiro atoms. The van der Waals surface area contributed by atoms with Crippen LogP contribution in [0.15, 0.2) is 0 Å². The Bertz CT molecular complexity index is 35.2. The van der Waals surface area contributed by atoms with Gasteiger partial charge < -0.3 is 5.11 Å². The van der Waals surface area contributed by atoms with Crippen LogP contribution in [0.4, 0.5) is 0 Å². The monoisotopic (exact) mass is 146 g/mol. The first kappa shape index (κ1) is 12.6. The minimum absolute atomic E-state index is 0.167. The van der Waals surface area contributed by atoms with Crippen molar-refractivity contribution in [1.82, 2.24) is 0 Å². The molecule has 0 rings (SSSR count). The van der Waals surface area contributed by atoms with Crippen LogP contribution in [-0.4, -0.2) is 11.2 Å². The molecule has 0 aromatic rings. The first-order chi connectivity index (χ1) is 4.65. The second-order valence-corrected chi connectivity index (χ2v) is 2.80. The molecule has 0 aliphatic carbocycles. The summed E-state index contributed by atoms with van der Waals surface area (Å²) >= 11 is 0. The molecule has 0 saturated carbocycles. The lowest BCUT2D eigenvalue weighted by Crippen LogP contribution is -1.85. The first-order valence-corrected chi connectivity index (χ1v) is 4.33. The van der Waals surface area contributed by atoms with Crippen molar-refractivity contribution < 1.29 is 5.11 Å². The van der Waals surface area contributed by atoms with E-state index in [0.29, 0.717) is 0 Å². The molecule has 0 aliphatic rings. The van der Waals surface area contributed by atoms with Crippen molar-refractivity contribution in [3.05, 3.63) is 0 Å². The Morgan fingerprint density at radius 2 is 1.20 bits per heavy atom. The summed E-state index contributed by atoms with van der Waals surface area (Å²) in [6, 6.07) is 0. The van der Waals surface area contributed by atoms with Gasteiger partial charge in [0.05, 0.1) is 0 Å². The van der Waals surface area contributed by atoms with Crippen molar-refractivity contribution in [3.63, 3.8) is 0 Å². The Morgan fingerprint density at radius 1 is 1.00 bits per heavy atom. The molecule has 64 valence electrons. The van der Waals surface area contributed by atoms with Crippen LogP contribution < -0.4 is 0 Å². The maximum absolute atomic E-state index is 8.06. The van der Waals surface area contributed by atoms with E-state index in [1.54, 1.807) is 13.8 Å². The highest BCUT2D eigenvalue weighted by molar-refractivity contribution is 4.31. The van der Waals surface area contributed by atoms with E-state index in [0.717, 1.165) is 0 Å². The third kappa shape index (κ3) is 44.0. The SMILES string of the molecule is CC(C)O.CCCCCC. The van der Waals surface area contributed by atoms with E-state index in [9.17, 15) is 0 Å². The molecule has 0 radical (unpaired) electrons. The van der Waals surface area contributed by atoms with Crippen molar-refractivity contribution >= 4 is 0 Å². The Labute approximate surface area is 65.5 Å². The minimum Gasteiger partial charge on any atom is -0.394 e. The Balaban J connectivity index is 0. The van der Waals surface area contributed by atoms with Crippen molar-refractivity contribution in [1.29, 1.82) is 0 Å². The summed E-state index contributed by atoms with van der Waals surface area (Å²) in [6.45, 7) is 7.91. The Kier molecular flexibility index (Phi) is 14.8. The fourth-order valence-corrected chi connectivity index (χ4v) is 0.500. The van der Waals surface area contributed by atoms with E-state index in [-0.39, 0.29) is 6.10 Å². The summed E-state index contributed by atoms with van der Waals surface area (Å²) in [5, 5.41) is 8.06. The number of hydrogen-bond acceptors (Lipinski definition) is 1. The van der Waals surface area contributed by atoms with Crippen molar-refractivity contribution in [2.24, 2.45) is 0 Å². The molecular weight excluding hydrogens is 124 g/mol. The molecular formula is C9H22O. The molecule has 0 fully saturated rings. The molecule has 0 aromatic heterocycles. The average Bonchev–Trinajstić information content (AvgIpc) is 1.82. The summed E-state index contributed by atoms with van der Waals surface area (Å²) in [5.41, 5.74) is 0. The van der Waals surface area contributed by atoms with Gasteiger partial charge in [0, 0.05) is 6.10 Å². The van der Waals surface area contributed by atoms with Crippen LogP contribution in [0.3, 0.4) is 0 Å². The van der Waals surface area contributed by atoms with E-state index in [2.05, 4.69) is 13.8 Å². The lowest BCUT2D eigenvalue weighted by Gasteiger charge is -1.86. The van der Waals surface area contributed by atoms with Gasteiger partial charge in [-0.3, -0.25) is 0 Å². The van der Waals surface area contributed by atoms with Crippen LogP contribution in [0.2, 0.25) is 0 Å². The van der Waals surface area contributed by atoms with E-state index in [1.165, 1.54) is 25.7 Å². The standard InChI is InChI=1S/C6H14.C3H8O/c1-3-5-6-4-2;1-3(2)4/h3-6H2,1-2H3;3-4H,1-2H3. The van der Waals surface area contributed by atoms with Gasteiger partial charge in [-0.25, -0.2) is 0 Å². The zero-order valence-corrected chi connectivity index (χ0v) is 7.85. The zero-order chi connectivity index (χ0) is 8.41. The average molecular weight is 146 g/mol. The van der Waals surface area contributed by atoms with Gasteiger partial charge in [0.15, 0.2) is 0 Å². The lowest BCUT2D eigenvalue weighted by molar-refractivity contribution is 0.216. The molecule has 0 atom stereocenters. The third-order valence-electron chi connectivity index (χ3n) is 0.957. The predicted molar refractivity (Wildman–Crippen MR) is 47.2 cm³/mol. The van der Waals surface area contributed by atoms with Crippen LogP contribution in [-0.2, 0) is 0 Å². The molecule has 0 saturated heterocycles. The Morgan fingerprint density at radius 3 is 1.30 bits per heavy atom. The second kappa shape index (κ2) is 11.7. The second-order valence-electron chi connectivity index (χ2n) is 2.80. The van der Waals surface area contributed by atoms with Gasteiger partial charge in [0.1, 0.15) is 0 Å². The summed E-state index contributed by atoms with van der Waals surface area (Å²) in [4.78, 5) is 0. The zero-order valence-electron chi connectivity index (χ0n) is 7.85. The van der Waals surface area contributed by atoms with Crippen LogP contribution >= 0.6 is 0 Å². The van der Waals surface area contributed by atoms with E-state index >= 15 is 0 Å². The molecule has 0 heterocycles. The molecule has 0 bridgehead atoms. The maximum Gasteiger partial charge on any atom is 0.0483 e. The number of aliphatic hydroxyl groups is 1. The number of hydrogen-bond donors (Lipinski definition) is 1. The minimum atomic E-state index is -0.167. The van der Waals surface area contributed by atoms with Gasteiger partial charge in [-0.05, 0) is 13.8 Å². The van der Waals surface area contributed by atoms with E-state index in [4.69, 9.17) is 5.11 Å². The lowest BCUT2D eigenvalue weighted by atomic mass is 10.2. The van der Waals surface area contributed by atoms with Gasteiger partial charge >= 0.3 is 0 Å². The normalized spacial score (nSPS) is 9.00. The van der Waals surface area contributed by atoms with Gasteiger partial charge in [0.2, 0.25) is 0 Å². The van der Waals surface area contributed by atoms with Crippen molar-refractivity contribution in [2.45, 2.75) is 59.5 Å². The number of rotatable bonds is 3. The molecule has 1 nitrogen and oxygen atoms in total. The fourth-order valence-electron chi connectivity index (χ4n) is 0.500. The highest BCUT2D eigenvalue weighted by Gasteiger charge is 1.75. The van der Waals surface area contributed by atoms with Crippen LogP contribution in [0.1, 0.15) is 53.4 Å². The summed E-state index contributed by atoms with van der Waals surface area (Å²) in [7, 11) is 0. The molecule has 1 N–H and O–H groups in total. The molecule has 0 aromatic carbocycles. The molecule has 1 heteroatoms. The quantitative estimate of drug-likeness (QED) is 0.607. The van der Waals surface area contributed by atoms with Crippen molar-refractivity contribution in [2.75, 3.05) is 0 Å². The smallest absolute Gasteiger partial charge is 0.0483 e. The van der Waals surface area contributed by atoms with Crippen LogP contribution in [0, 0.1) is 0 Å².